The molecule has 0 N–H and O–H groups in total. The summed E-state index contributed by atoms with van der Waals surface area (Å²) in [5, 5.41) is 12.3. The quantitative estimate of drug-likeness (QED) is 0.708. The lowest BCUT2D eigenvalue weighted by Gasteiger charge is -2.31. The highest BCUT2D eigenvalue weighted by molar-refractivity contribution is 5.55. The molecular weight excluding hydrogens is 324 g/mol. The van der Waals surface area contributed by atoms with Crippen molar-refractivity contribution in [3.8, 4) is 5.69 Å². The van der Waals surface area contributed by atoms with E-state index in [-0.39, 0.29) is 0 Å². The van der Waals surface area contributed by atoms with Gasteiger partial charge >= 0.3 is 0 Å². The fourth-order valence-electron chi connectivity index (χ4n) is 3.57. The zero-order chi connectivity index (χ0) is 17.8. The summed E-state index contributed by atoms with van der Waals surface area (Å²) in [6.45, 7) is 3.05. The highest BCUT2D eigenvalue weighted by Gasteiger charge is 2.18. The normalized spacial score (nSPS) is 14.4. The van der Waals surface area contributed by atoms with Crippen LogP contribution in [0.5, 0.6) is 0 Å². The molecule has 0 atom stereocenters. The number of hydrogen-bond acceptors (Lipinski definition) is 5. The third kappa shape index (κ3) is 3.40. The summed E-state index contributed by atoms with van der Waals surface area (Å²) in [4.78, 5) is 4.61. The van der Waals surface area contributed by atoms with Crippen LogP contribution in [0.25, 0.3) is 5.69 Å². The summed E-state index contributed by atoms with van der Waals surface area (Å²) in [6.07, 6.45) is 3.89. The van der Waals surface area contributed by atoms with Gasteiger partial charge in [0, 0.05) is 32.4 Å². The van der Waals surface area contributed by atoms with Gasteiger partial charge in [0.05, 0.1) is 5.69 Å². The van der Waals surface area contributed by atoms with E-state index in [4.69, 9.17) is 0 Å². The van der Waals surface area contributed by atoms with E-state index in [0.717, 1.165) is 31.3 Å². The smallest absolute Gasteiger partial charge is 0.250 e. The second-order valence-corrected chi connectivity index (χ2v) is 6.76. The molecule has 1 saturated heterocycles. The van der Waals surface area contributed by atoms with Crippen molar-refractivity contribution in [1.82, 2.24) is 20.2 Å². The second kappa shape index (κ2) is 7.56. The van der Waals surface area contributed by atoms with E-state index < -0.39 is 0 Å². The highest BCUT2D eigenvalue weighted by Crippen LogP contribution is 2.26. The van der Waals surface area contributed by atoms with Gasteiger partial charge in [-0.05, 0) is 53.5 Å². The molecule has 0 aliphatic carbocycles. The summed E-state index contributed by atoms with van der Waals surface area (Å²) in [5.41, 5.74) is 3.60. The second-order valence-electron chi connectivity index (χ2n) is 6.76. The first kappa shape index (κ1) is 16.6. The van der Waals surface area contributed by atoms with Crippen LogP contribution in [-0.2, 0) is 6.54 Å². The molecule has 134 valence electrons. The average Bonchev–Trinajstić information content (AvgIpc) is 3.20. The van der Waals surface area contributed by atoms with Crippen LogP contribution >= 0.6 is 0 Å². The molecule has 0 saturated carbocycles. The minimum Gasteiger partial charge on any atom is -0.371 e. The molecule has 6 nitrogen and oxygen atoms in total. The Morgan fingerprint density at radius 3 is 2.46 bits per heavy atom. The molecule has 26 heavy (non-hydrogen) atoms. The predicted molar refractivity (Wildman–Crippen MR) is 104 cm³/mol. The van der Waals surface area contributed by atoms with Crippen molar-refractivity contribution in [3.63, 3.8) is 0 Å². The van der Waals surface area contributed by atoms with E-state index in [1.165, 1.54) is 30.5 Å². The van der Waals surface area contributed by atoms with E-state index in [2.05, 4.69) is 49.6 Å². The molecule has 6 heteroatoms. The van der Waals surface area contributed by atoms with Crippen LogP contribution < -0.4 is 9.80 Å². The molecule has 4 rings (SSSR count). The third-order valence-corrected chi connectivity index (χ3v) is 4.89. The van der Waals surface area contributed by atoms with Crippen LogP contribution in [-0.4, -0.2) is 40.3 Å². The lowest BCUT2D eigenvalue weighted by molar-refractivity contribution is 0.576. The number of rotatable bonds is 5. The Morgan fingerprint density at radius 1 is 0.923 bits per heavy atom. The van der Waals surface area contributed by atoms with Crippen molar-refractivity contribution in [2.24, 2.45) is 0 Å². The Kier molecular flexibility index (Phi) is 4.82. The van der Waals surface area contributed by atoms with E-state index in [9.17, 15) is 0 Å². The zero-order valence-electron chi connectivity index (χ0n) is 15.1. The minimum absolute atomic E-state index is 0.740. The Balaban J connectivity index is 1.58. The molecule has 0 unspecified atom stereocenters. The van der Waals surface area contributed by atoms with Gasteiger partial charge in [-0.1, -0.05) is 41.5 Å². The highest BCUT2D eigenvalue weighted by atomic mass is 15.6. The molecule has 0 radical (unpaired) electrons. The monoisotopic (exact) mass is 348 g/mol. The van der Waals surface area contributed by atoms with Gasteiger partial charge in [0.25, 0.3) is 0 Å². The lowest BCUT2D eigenvalue weighted by atomic mass is 10.1. The van der Waals surface area contributed by atoms with Gasteiger partial charge in [-0.3, -0.25) is 0 Å². The summed E-state index contributed by atoms with van der Waals surface area (Å²) in [6, 6.07) is 18.7. The van der Waals surface area contributed by atoms with Crippen molar-refractivity contribution in [2.45, 2.75) is 25.8 Å². The van der Waals surface area contributed by atoms with Crippen LogP contribution in [0.4, 0.5) is 11.6 Å². The van der Waals surface area contributed by atoms with Crippen molar-refractivity contribution in [1.29, 1.82) is 0 Å². The van der Waals surface area contributed by atoms with Crippen LogP contribution in [0.1, 0.15) is 24.8 Å². The van der Waals surface area contributed by atoms with Crippen LogP contribution in [0.2, 0.25) is 0 Å². The molecule has 2 heterocycles. The maximum atomic E-state index is 4.25. The number of tetrazole rings is 1. The van der Waals surface area contributed by atoms with Crippen LogP contribution in [0.3, 0.4) is 0 Å². The zero-order valence-corrected chi connectivity index (χ0v) is 15.1. The van der Waals surface area contributed by atoms with Gasteiger partial charge in [-0.15, -0.1) is 0 Å². The average molecular weight is 348 g/mol. The van der Waals surface area contributed by atoms with Crippen molar-refractivity contribution in [2.75, 3.05) is 29.9 Å². The number of aromatic nitrogens is 4. The maximum absolute atomic E-state index is 4.25. The number of anilines is 2. The van der Waals surface area contributed by atoms with Crippen molar-refractivity contribution in [3.05, 3.63) is 60.2 Å². The molecule has 0 spiro atoms. The van der Waals surface area contributed by atoms with Gasteiger partial charge in [0.1, 0.15) is 0 Å². The summed E-state index contributed by atoms with van der Waals surface area (Å²) >= 11 is 0. The van der Waals surface area contributed by atoms with E-state index in [1.807, 2.05) is 37.4 Å². The number of para-hydroxylation sites is 2. The maximum Gasteiger partial charge on any atom is 0.250 e. The lowest BCUT2D eigenvalue weighted by Crippen LogP contribution is -2.31. The first-order valence-corrected chi connectivity index (χ1v) is 9.21. The SMILES string of the molecule is CN(Cc1ccccc1N1CCCCC1)c1nnnn1-c1ccccc1. The molecule has 0 bridgehead atoms. The molecule has 1 aliphatic rings. The molecule has 1 aromatic heterocycles. The van der Waals surface area contributed by atoms with Crippen molar-refractivity contribution < 1.29 is 0 Å². The van der Waals surface area contributed by atoms with Gasteiger partial charge < -0.3 is 9.80 Å². The summed E-state index contributed by atoms with van der Waals surface area (Å²) in [7, 11) is 2.04. The number of hydrogen-bond donors (Lipinski definition) is 0. The Labute approximate surface area is 154 Å². The molecule has 2 aromatic carbocycles. The Morgan fingerprint density at radius 2 is 1.65 bits per heavy atom. The predicted octanol–water partition coefficient (Wildman–Crippen LogP) is 3.29. The molecule has 0 amide bonds. The van der Waals surface area contributed by atoms with E-state index in [1.54, 1.807) is 4.68 Å². The summed E-state index contributed by atoms with van der Waals surface area (Å²) < 4.78 is 1.78. The first-order valence-electron chi connectivity index (χ1n) is 9.21. The van der Waals surface area contributed by atoms with Crippen molar-refractivity contribution >= 4 is 11.6 Å². The largest absolute Gasteiger partial charge is 0.371 e. The molecular formula is C20H24N6. The Bertz CT molecular complexity index is 838. The van der Waals surface area contributed by atoms with Gasteiger partial charge in [0.2, 0.25) is 5.95 Å². The molecule has 1 aliphatic heterocycles. The number of piperidine rings is 1. The molecule has 1 fully saturated rings. The summed E-state index contributed by atoms with van der Waals surface area (Å²) in [5.74, 6) is 0.740. The third-order valence-electron chi connectivity index (χ3n) is 4.89. The first-order chi connectivity index (χ1) is 12.8. The fourth-order valence-corrected chi connectivity index (χ4v) is 3.57. The number of nitrogens with zero attached hydrogens (tertiary/aromatic N) is 6. The molecule has 3 aromatic rings. The van der Waals surface area contributed by atoms with Gasteiger partial charge in [0.15, 0.2) is 0 Å². The van der Waals surface area contributed by atoms with E-state index in [0.29, 0.717) is 0 Å². The standard InChI is InChI=1S/C20H24N6/c1-24(20-21-22-23-26(20)18-11-4-2-5-12-18)16-17-10-6-7-13-19(17)25-14-8-3-9-15-25/h2,4-7,10-13H,3,8-9,14-16H2,1H3. The minimum atomic E-state index is 0.740. The van der Waals surface area contributed by atoms with Crippen LogP contribution in [0, 0.1) is 0 Å². The fraction of sp³-hybridized carbons (Fsp3) is 0.350. The van der Waals surface area contributed by atoms with Gasteiger partial charge in [-0.2, -0.15) is 4.68 Å². The van der Waals surface area contributed by atoms with Gasteiger partial charge in [-0.25, -0.2) is 0 Å². The van der Waals surface area contributed by atoms with Crippen LogP contribution in [0.15, 0.2) is 54.6 Å². The van der Waals surface area contributed by atoms with E-state index >= 15 is 0 Å². The number of benzene rings is 2. The topological polar surface area (TPSA) is 50.1 Å². The Hall–Kier alpha value is -2.89.